The second-order valence-corrected chi connectivity index (χ2v) is 7.57. The van der Waals surface area contributed by atoms with Crippen molar-refractivity contribution in [2.24, 2.45) is 0 Å². The van der Waals surface area contributed by atoms with Crippen molar-refractivity contribution in [3.63, 3.8) is 0 Å². The lowest BCUT2D eigenvalue weighted by atomic mass is 9.50. The Balaban J connectivity index is 1.99. The molecule has 0 aromatic heterocycles. The van der Waals surface area contributed by atoms with Gasteiger partial charge in [0.15, 0.2) is 0 Å². The maximum atomic E-state index is 10.8. The topological polar surface area (TPSA) is 162 Å². The van der Waals surface area contributed by atoms with Crippen LogP contribution in [0.4, 0.5) is 0 Å². The standard InChI is InChI=1S/C14H24O8/c15-7-1-11(19)5-13(21)3-9(17)10(18)4-14(13,22)6-12(11,20)2-8(7)16/h7-10,15-22H,1-6H2. The van der Waals surface area contributed by atoms with Crippen molar-refractivity contribution in [2.45, 2.75) is 85.3 Å². The molecule has 0 aromatic carbocycles. The van der Waals surface area contributed by atoms with Crippen molar-refractivity contribution >= 4 is 0 Å². The van der Waals surface area contributed by atoms with Crippen LogP contribution in [0.5, 0.6) is 0 Å². The van der Waals surface area contributed by atoms with Gasteiger partial charge in [0.25, 0.3) is 0 Å². The molecular weight excluding hydrogens is 296 g/mol. The minimum absolute atomic E-state index is 0.346. The molecule has 0 heterocycles. The summed E-state index contributed by atoms with van der Waals surface area (Å²) in [7, 11) is 0. The van der Waals surface area contributed by atoms with Gasteiger partial charge in [-0.3, -0.25) is 0 Å². The molecule has 3 rings (SSSR count). The van der Waals surface area contributed by atoms with Gasteiger partial charge in [-0.05, 0) is 0 Å². The van der Waals surface area contributed by atoms with Crippen LogP contribution in [0.1, 0.15) is 38.5 Å². The van der Waals surface area contributed by atoms with Crippen molar-refractivity contribution in [2.75, 3.05) is 0 Å². The Morgan fingerprint density at radius 3 is 0.818 bits per heavy atom. The van der Waals surface area contributed by atoms with E-state index in [9.17, 15) is 40.9 Å². The smallest absolute Gasteiger partial charge is 0.0989 e. The average Bonchev–Trinajstić information content (AvgIpc) is 2.33. The molecule has 3 aliphatic carbocycles. The van der Waals surface area contributed by atoms with Crippen molar-refractivity contribution in [1.82, 2.24) is 0 Å². The van der Waals surface area contributed by atoms with Gasteiger partial charge in [0.05, 0.1) is 46.8 Å². The molecule has 0 amide bonds. The summed E-state index contributed by atoms with van der Waals surface area (Å²) in [5, 5.41) is 82.2. The van der Waals surface area contributed by atoms with E-state index in [-0.39, 0.29) is 25.7 Å². The van der Waals surface area contributed by atoms with Gasteiger partial charge in [-0.25, -0.2) is 0 Å². The van der Waals surface area contributed by atoms with E-state index < -0.39 is 59.7 Å². The minimum Gasteiger partial charge on any atom is -0.390 e. The van der Waals surface area contributed by atoms with Crippen LogP contribution in [-0.4, -0.2) is 87.7 Å². The highest BCUT2D eigenvalue weighted by Gasteiger charge is 2.71. The summed E-state index contributed by atoms with van der Waals surface area (Å²) in [5.74, 6) is 0. The SMILES string of the molecule is OC1CC2(O)CC3(O)CC(O)C(O)CC3(O)CC2(O)CC1O. The lowest BCUT2D eigenvalue weighted by molar-refractivity contribution is -0.334. The Kier molecular flexibility index (Phi) is 3.47. The van der Waals surface area contributed by atoms with Gasteiger partial charge < -0.3 is 40.9 Å². The quantitative estimate of drug-likeness (QED) is 0.231. The lowest BCUT2D eigenvalue weighted by Gasteiger charge is -2.64. The first-order valence-electron chi connectivity index (χ1n) is 7.56. The third-order valence-corrected chi connectivity index (χ3v) is 5.98. The van der Waals surface area contributed by atoms with Crippen LogP contribution in [0.3, 0.4) is 0 Å². The number of fused-ring (bicyclic) bond motifs is 2. The summed E-state index contributed by atoms with van der Waals surface area (Å²) in [5.41, 5.74) is -7.58. The normalized spacial score (nSPS) is 62.2. The van der Waals surface area contributed by atoms with Gasteiger partial charge in [-0.1, -0.05) is 0 Å². The van der Waals surface area contributed by atoms with Crippen molar-refractivity contribution in [3.05, 3.63) is 0 Å². The van der Waals surface area contributed by atoms with E-state index in [1.54, 1.807) is 0 Å². The predicted molar refractivity (Wildman–Crippen MR) is 71.5 cm³/mol. The molecule has 3 fully saturated rings. The van der Waals surface area contributed by atoms with Crippen LogP contribution >= 0.6 is 0 Å². The van der Waals surface area contributed by atoms with Gasteiger partial charge >= 0.3 is 0 Å². The van der Waals surface area contributed by atoms with E-state index in [1.807, 2.05) is 0 Å². The maximum absolute atomic E-state index is 10.8. The molecule has 0 aromatic rings. The third kappa shape index (κ3) is 2.06. The number of hydrogen-bond donors (Lipinski definition) is 8. The van der Waals surface area contributed by atoms with Crippen LogP contribution in [0, 0.1) is 0 Å². The van der Waals surface area contributed by atoms with E-state index in [0.717, 1.165) is 0 Å². The summed E-state index contributed by atoms with van der Waals surface area (Å²) in [6, 6.07) is 0. The minimum atomic E-state index is -1.89. The first-order valence-corrected chi connectivity index (χ1v) is 7.56. The predicted octanol–water partition coefficient (Wildman–Crippen LogP) is -3.26. The Labute approximate surface area is 127 Å². The highest BCUT2D eigenvalue weighted by Crippen LogP contribution is 2.57. The number of aliphatic hydroxyl groups excluding tert-OH is 4. The van der Waals surface area contributed by atoms with Crippen molar-refractivity contribution in [3.8, 4) is 0 Å². The van der Waals surface area contributed by atoms with Crippen molar-refractivity contribution in [1.29, 1.82) is 0 Å². The fourth-order valence-corrected chi connectivity index (χ4v) is 4.60. The average molecular weight is 320 g/mol. The van der Waals surface area contributed by atoms with E-state index in [2.05, 4.69) is 0 Å². The maximum Gasteiger partial charge on any atom is 0.0989 e. The molecule has 0 aliphatic heterocycles. The first kappa shape index (κ1) is 16.5. The molecule has 8 heteroatoms. The molecule has 22 heavy (non-hydrogen) atoms. The van der Waals surface area contributed by atoms with Gasteiger partial charge in [-0.2, -0.15) is 0 Å². The third-order valence-electron chi connectivity index (χ3n) is 5.98. The second kappa shape index (κ2) is 4.61. The van der Waals surface area contributed by atoms with Gasteiger partial charge in [-0.15, -0.1) is 0 Å². The largest absolute Gasteiger partial charge is 0.390 e. The van der Waals surface area contributed by atoms with Crippen LogP contribution in [0.25, 0.3) is 0 Å². The highest BCUT2D eigenvalue weighted by molar-refractivity contribution is 5.23. The lowest BCUT2D eigenvalue weighted by Crippen LogP contribution is -2.77. The van der Waals surface area contributed by atoms with Crippen LogP contribution in [0.2, 0.25) is 0 Å². The Morgan fingerprint density at radius 1 is 0.455 bits per heavy atom. The van der Waals surface area contributed by atoms with Gasteiger partial charge in [0.2, 0.25) is 0 Å². The fourth-order valence-electron chi connectivity index (χ4n) is 4.60. The molecular formula is C14H24O8. The van der Waals surface area contributed by atoms with E-state index in [0.29, 0.717) is 0 Å². The first-order chi connectivity index (χ1) is 9.94. The van der Waals surface area contributed by atoms with E-state index >= 15 is 0 Å². The van der Waals surface area contributed by atoms with Gasteiger partial charge in [0.1, 0.15) is 0 Å². The zero-order valence-corrected chi connectivity index (χ0v) is 12.1. The molecule has 0 radical (unpaired) electrons. The summed E-state index contributed by atoms with van der Waals surface area (Å²) < 4.78 is 0. The summed E-state index contributed by atoms with van der Waals surface area (Å²) in [6.45, 7) is 0. The Bertz CT molecular complexity index is 392. The van der Waals surface area contributed by atoms with Crippen LogP contribution < -0.4 is 0 Å². The van der Waals surface area contributed by atoms with Gasteiger partial charge in [0, 0.05) is 38.5 Å². The highest BCUT2D eigenvalue weighted by atomic mass is 16.4. The van der Waals surface area contributed by atoms with Crippen LogP contribution in [-0.2, 0) is 0 Å². The van der Waals surface area contributed by atoms with E-state index in [4.69, 9.17) is 0 Å². The number of hydrogen-bond acceptors (Lipinski definition) is 8. The Morgan fingerprint density at radius 2 is 0.636 bits per heavy atom. The molecule has 3 aliphatic rings. The molecule has 128 valence electrons. The molecule has 3 saturated carbocycles. The fraction of sp³-hybridized carbons (Fsp3) is 1.00. The monoisotopic (exact) mass is 320 g/mol. The van der Waals surface area contributed by atoms with Crippen LogP contribution in [0.15, 0.2) is 0 Å². The molecule has 0 saturated heterocycles. The zero-order chi connectivity index (χ0) is 16.6. The second-order valence-electron chi connectivity index (χ2n) is 7.57. The zero-order valence-electron chi connectivity index (χ0n) is 12.1. The number of rotatable bonds is 0. The molecule has 0 spiro atoms. The van der Waals surface area contributed by atoms with E-state index in [1.165, 1.54) is 0 Å². The molecule has 8 N–H and O–H groups in total. The number of aliphatic hydroxyl groups is 8. The summed E-state index contributed by atoms with van der Waals surface area (Å²) >= 11 is 0. The summed E-state index contributed by atoms with van der Waals surface area (Å²) in [4.78, 5) is 0. The summed E-state index contributed by atoms with van der Waals surface area (Å²) in [6.07, 6.45) is -7.30. The molecule has 8 nitrogen and oxygen atoms in total. The van der Waals surface area contributed by atoms with Crippen molar-refractivity contribution < 1.29 is 40.9 Å². The Hall–Kier alpha value is -0.320. The molecule has 8 unspecified atom stereocenters. The molecule has 8 atom stereocenters. The molecule has 0 bridgehead atoms.